The van der Waals surface area contributed by atoms with Crippen molar-refractivity contribution in [2.75, 3.05) is 17.7 Å². The highest BCUT2D eigenvalue weighted by Gasteiger charge is 2.18. The number of rotatable bonds is 8. The van der Waals surface area contributed by atoms with Gasteiger partial charge in [0.15, 0.2) is 0 Å². The first-order valence-corrected chi connectivity index (χ1v) is 9.76. The first-order chi connectivity index (χ1) is 14.0. The van der Waals surface area contributed by atoms with Crippen LogP contribution in [0.2, 0.25) is 5.02 Å². The highest BCUT2D eigenvalue weighted by atomic mass is 35.5. The molecule has 1 N–H and O–H groups in total. The molecule has 0 aliphatic heterocycles. The van der Waals surface area contributed by atoms with Gasteiger partial charge in [0.05, 0.1) is 23.3 Å². The summed E-state index contributed by atoms with van der Waals surface area (Å²) in [7, 11) is 0. The Hall–Kier alpha value is -3.11. The first-order valence-electron chi connectivity index (χ1n) is 8.39. The fourth-order valence-electron chi connectivity index (χ4n) is 2.34. The summed E-state index contributed by atoms with van der Waals surface area (Å²) in [6.07, 6.45) is 0. The lowest BCUT2D eigenvalue weighted by molar-refractivity contribution is -0.384. The number of halogens is 1. The van der Waals surface area contributed by atoms with Gasteiger partial charge in [-0.05, 0) is 37.3 Å². The van der Waals surface area contributed by atoms with Crippen molar-refractivity contribution < 1.29 is 18.9 Å². The molecule has 3 rings (SSSR count). The number of thioether (sulfide) groups is 1. The van der Waals surface area contributed by atoms with E-state index in [0.717, 1.165) is 11.8 Å². The third-order valence-electron chi connectivity index (χ3n) is 3.56. The monoisotopic (exact) mass is 434 g/mol. The molecular weight excluding hydrogens is 420 g/mol. The lowest BCUT2D eigenvalue weighted by Crippen LogP contribution is -2.15. The molecule has 1 amide bonds. The number of nitrogens with zero attached hydrogens (tertiary/aromatic N) is 3. The van der Waals surface area contributed by atoms with Gasteiger partial charge in [0.25, 0.3) is 10.9 Å². The lowest BCUT2D eigenvalue weighted by Gasteiger charge is -2.07. The quantitative estimate of drug-likeness (QED) is 0.314. The largest absolute Gasteiger partial charge is 0.494 e. The van der Waals surface area contributed by atoms with Gasteiger partial charge in [0.1, 0.15) is 11.4 Å². The van der Waals surface area contributed by atoms with Crippen LogP contribution in [0.5, 0.6) is 5.75 Å². The second-order valence-electron chi connectivity index (χ2n) is 5.59. The Morgan fingerprint density at radius 1 is 1.31 bits per heavy atom. The van der Waals surface area contributed by atoms with Crippen LogP contribution in [-0.2, 0) is 4.79 Å². The molecule has 1 heterocycles. The van der Waals surface area contributed by atoms with Gasteiger partial charge in [-0.2, -0.15) is 0 Å². The van der Waals surface area contributed by atoms with Crippen molar-refractivity contribution in [1.82, 2.24) is 10.2 Å². The Balaban J connectivity index is 1.63. The maximum absolute atomic E-state index is 12.2. The maximum atomic E-state index is 12.2. The van der Waals surface area contributed by atoms with Crippen LogP contribution in [0.15, 0.2) is 52.1 Å². The van der Waals surface area contributed by atoms with Gasteiger partial charge in [0, 0.05) is 10.6 Å². The van der Waals surface area contributed by atoms with E-state index >= 15 is 0 Å². The van der Waals surface area contributed by atoms with E-state index in [1.807, 2.05) is 0 Å². The molecule has 0 atom stereocenters. The van der Waals surface area contributed by atoms with E-state index in [1.165, 1.54) is 12.1 Å². The number of carbonyl (C=O) groups excluding carboxylic acids is 1. The summed E-state index contributed by atoms with van der Waals surface area (Å²) in [5, 5.41) is 22.3. The topological polar surface area (TPSA) is 120 Å². The summed E-state index contributed by atoms with van der Waals surface area (Å²) < 4.78 is 10.8. The van der Waals surface area contributed by atoms with E-state index < -0.39 is 10.8 Å². The number of benzene rings is 2. The first kappa shape index (κ1) is 20.6. The third kappa shape index (κ3) is 5.46. The van der Waals surface area contributed by atoms with Crippen LogP contribution >= 0.6 is 23.4 Å². The van der Waals surface area contributed by atoms with Crippen LogP contribution in [0.4, 0.5) is 11.4 Å². The summed E-state index contributed by atoms with van der Waals surface area (Å²) in [5.74, 6) is 0.106. The normalized spacial score (nSPS) is 10.6. The number of nitrogens with one attached hydrogen (secondary N) is 1. The second-order valence-corrected chi connectivity index (χ2v) is 6.95. The fraction of sp³-hybridized carbons (Fsp3) is 0.167. The molecule has 0 fully saturated rings. The lowest BCUT2D eigenvalue weighted by atomic mass is 10.2. The zero-order chi connectivity index (χ0) is 20.8. The van der Waals surface area contributed by atoms with E-state index in [2.05, 4.69) is 15.5 Å². The SMILES string of the molecule is CCOc1ccc(NC(=O)CSc2nnc(-c3cccc(Cl)c3)o2)c([N+](=O)[O-])c1. The Bertz CT molecular complexity index is 1040. The van der Waals surface area contributed by atoms with Crippen LogP contribution < -0.4 is 10.1 Å². The number of amides is 1. The van der Waals surface area contributed by atoms with Crippen LogP contribution in [0, 0.1) is 10.1 Å². The van der Waals surface area contributed by atoms with Crippen molar-refractivity contribution in [3.05, 3.63) is 57.6 Å². The van der Waals surface area contributed by atoms with E-state index in [-0.39, 0.29) is 28.2 Å². The summed E-state index contributed by atoms with van der Waals surface area (Å²) in [6.45, 7) is 2.15. The summed E-state index contributed by atoms with van der Waals surface area (Å²) in [4.78, 5) is 22.9. The molecule has 0 saturated carbocycles. The smallest absolute Gasteiger partial charge is 0.296 e. The number of nitro groups is 1. The molecular formula is C18H15ClN4O5S. The zero-order valence-corrected chi connectivity index (χ0v) is 16.7. The van der Waals surface area contributed by atoms with Crippen LogP contribution in [0.3, 0.4) is 0 Å². The number of carbonyl (C=O) groups is 1. The second kappa shape index (κ2) is 9.39. The maximum Gasteiger partial charge on any atom is 0.296 e. The van der Waals surface area contributed by atoms with Crippen molar-refractivity contribution in [3.63, 3.8) is 0 Å². The molecule has 0 aliphatic carbocycles. The van der Waals surface area contributed by atoms with Gasteiger partial charge >= 0.3 is 0 Å². The molecule has 0 spiro atoms. The summed E-state index contributed by atoms with van der Waals surface area (Å²) in [6, 6.07) is 11.2. The number of hydrogen-bond acceptors (Lipinski definition) is 8. The number of aromatic nitrogens is 2. The van der Waals surface area contributed by atoms with Crippen molar-refractivity contribution in [1.29, 1.82) is 0 Å². The van der Waals surface area contributed by atoms with Crippen molar-refractivity contribution >= 4 is 40.6 Å². The molecule has 3 aromatic rings. The van der Waals surface area contributed by atoms with E-state index in [1.54, 1.807) is 37.3 Å². The van der Waals surface area contributed by atoms with Gasteiger partial charge in [-0.25, -0.2) is 0 Å². The summed E-state index contributed by atoms with van der Waals surface area (Å²) in [5.41, 5.74) is 0.482. The van der Waals surface area contributed by atoms with E-state index in [9.17, 15) is 14.9 Å². The zero-order valence-electron chi connectivity index (χ0n) is 15.1. The molecule has 2 aromatic carbocycles. The van der Waals surface area contributed by atoms with Gasteiger partial charge in [-0.3, -0.25) is 14.9 Å². The molecule has 0 unspecified atom stereocenters. The molecule has 29 heavy (non-hydrogen) atoms. The minimum atomic E-state index is -0.583. The number of ether oxygens (including phenoxy) is 1. The molecule has 150 valence electrons. The van der Waals surface area contributed by atoms with E-state index in [4.69, 9.17) is 20.8 Å². The van der Waals surface area contributed by atoms with Crippen LogP contribution in [0.25, 0.3) is 11.5 Å². The van der Waals surface area contributed by atoms with Crippen LogP contribution in [-0.4, -0.2) is 33.4 Å². The van der Waals surface area contributed by atoms with Gasteiger partial charge in [-0.15, -0.1) is 10.2 Å². The van der Waals surface area contributed by atoms with Gasteiger partial charge < -0.3 is 14.5 Å². The van der Waals surface area contributed by atoms with Gasteiger partial charge in [0.2, 0.25) is 11.8 Å². The standard InChI is InChI=1S/C18H15ClN4O5S/c1-2-27-13-6-7-14(15(9-13)23(25)26)20-16(24)10-29-18-22-21-17(28-18)11-4-3-5-12(19)8-11/h3-9H,2,10H2,1H3,(H,20,24). The third-order valence-corrected chi connectivity index (χ3v) is 4.61. The Morgan fingerprint density at radius 2 is 2.14 bits per heavy atom. The highest BCUT2D eigenvalue weighted by Crippen LogP contribution is 2.30. The van der Waals surface area contributed by atoms with Crippen molar-refractivity contribution in [3.8, 4) is 17.2 Å². The van der Waals surface area contributed by atoms with Crippen LogP contribution in [0.1, 0.15) is 6.92 Å². The highest BCUT2D eigenvalue weighted by molar-refractivity contribution is 7.99. The Labute approximate surface area is 174 Å². The Kier molecular flexibility index (Phi) is 6.68. The number of nitro benzene ring substituents is 1. The predicted molar refractivity (Wildman–Crippen MR) is 108 cm³/mol. The molecule has 9 nitrogen and oxygen atoms in total. The fourth-order valence-corrected chi connectivity index (χ4v) is 3.10. The number of anilines is 1. The van der Waals surface area contributed by atoms with Gasteiger partial charge in [-0.1, -0.05) is 29.4 Å². The predicted octanol–water partition coefficient (Wildman–Crippen LogP) is 4.43. The average molecular weight is 435 g/mol. The molecule has 0 bridgehead atoms. The Morgan fingerprint density at radius 3 is 2.86 bits per heavy atom. The van der Waals surface area contributed by atoms with E-state index in [0.29, 0.717) is 22.9 Å². The molecule has 11 heteroatoms. The molecule has 0 saturated heterocycles. The summed E-state index contributed by atoms with van der Waals surface area (Å²) >= 11 is 6.95. The molecule has 0 aliphatic rings. The minimum absolute atomic E-state index is 0.0679. The number of hydrogen-bond donors (Lipinski definition) is 1. The van der Waals surface area contributed by atoms with Crippen molar-refractivity contribution in [2.45, 2.75) is 12.1 Å². The average Bonchev–Trinajstić information content (AvgIpc) is 3.17. The van der Waals surface area contributed by atoms with Crippen molar-refractivity contribution in [2.24, 2.45) is 0 Å². The minimum Gasteiger partial charge on any atom is -0.494 e. The molecule has 0 radical (unpaired) electrons. The molecule has 1 aromatic heterocycles.